The van der Waals surface area contributed by atoms with E-state index in [1.165, 1.54) is 12.1 Å². The molecule has 2 atom stereocenters. The van der Waals surface area contributed by atoms with E-state index in [1.807, 2.05) is 0 Å². The molecule has 1 saturated carbocycles. The van der Waals surface area contributed by atoms with E-state index < -0.39 is 23.6 Å². The van der Waals surface area contributed by atoms with Crippen LogP contribution >= 0.6 is 0 Å². The van der Waals surface area contributed by atoms with Gasteiger partial charge in [-0.05, 0) is 36.1 Å². The lowest BCUT2D eigenvalue weighted by Crippen LogP contribution is -2.19. The van der Waals surface area contributed by atoms with Crippen LogP contribution in [-0.2, 0) is 11.0 Å². The van der Waals surface area contributed by atoms with E-state index in [0.29, 0.717) is 17.9 Å². The molecule has 25 heavy (non-hydrogen) atoms. The van der Waals surface area contributed by atoms with Crippen LogP contribution in [0, 0.1) is 5.92 Å². The van der Waals surface area contributed by atoms with Gasteiger partial charge in [0.2, 0.25) is 5.91 Å². The van der Waals surface area contributed by atoms with Crippen molar-refractivity contribution in [2.24, 2.45) is 5.92 Å². The molecular formula is C18H18F3N3O. The van der Waals surface area contributed by atoms with Gasteiger partial charge in [-0.3, -0.25) is 4.79 Å². The van der Waals surface area contributed by atoms with E-state index in [4.69, 9.17) is 0 Å². The second kappa shape index (κ2) is 6.38. The molecular weight excluding hydrogens is 331 g/mol. The number of pyridine rings is 1. The summed E-state index contributed by atoms with van der Waals surface area (Å²) in [6.45, 7) is 0. The van der Waals surface area contributed by atoms with Gasteiger partial charge in [0.1, 0.15) is 0 Å². The van der Waals surface area contributed by atoms with Crippen molar-refractivity contribution in [3.63, 3.8) is 0 Å². The number of anilines is 2. The van der Waals surface area contributed by atoms with Crippen LogP contribution in [0.2, 0.25) is 0 Å². The molecule has 2 aromatic rings. The van der Waals surface area contributed by atoms with Crippen molar-refractivity contribution < 1.29 is 18.0 Å². The highest BCUT2D eigenvalue weighted by molar-refractivity contribution is 5.97. The predicted octanol–water partition coefficient (Wildman–Crippen LogP) is 3.91. The van der Waals surface area contributed by atoms with Crippen LogP contribution in [0.1, 0.15) is 23.5 Å². The number of carbonyl (C=O) groups excluding carboxylic acids is 1. The van der Waals surface area contributed by atoms with E-state index in [0.717, 1.165) is 6.07 Å². The summed E-state index contributed by atoms with van der Waals surface area (Å²) >= 11 is 0. The van der Waals surface area contributed by atoms with Crippen LogP contribution in [0.4, 0.5) is 24.7 Å². The lowest BCUT2D eigenvalue weighted by molar-refractivity contribution is -0.138. The number of aromatic nitrogens is 1. The molecule has 0 unspecified atom stereocenters. The molecule has 1 amide bonds. The number of alkyl halides is 3. The van der Waals surface area contributed by atoms with Crippen LogP contribution in [0.25, 0.3) is 0 Å². The molecule has 7 heteroatoms. The Morgan fingerprint density at radius 1 is 1.20 bits per heavy atom. The maximum Gasteiger partial charge on any atom is 0.416 e. The number of nitrogens with one attached hydrogen (secondary N) is 1. The van der Waals surface area contributed by atoms with Gasteiger partial charge in [0, 0.05) is 26.2 Å². The lowest BCUT2D eigenvalue weighted by Gasteiger charge is -2.16. The Balaban J connectivity index is 1.76. The molecule has 0 radical (unpaired) electrons. The summed E-state index contributed by atoms with van der Waals surface area (Å²) in [5, 5.41) is 2.79. The average Bonchev–Trinajstić information content (AvgIpc) is 3.35. The first-order valence-electron chi connectivity index (χ1n) is 7.88. The van der Waals surface area contributed by atoms with E-state index in [-0.39, 0.29) is 11.5 Å². The zero-order chi connectivity index (χ0) is 18.2. The quantitative estimate of drug-likeness (QED) is 0.910. The first-order chi connectivity index (χ1) is 11.8. The van der Waals surface area contributed by atoms with Gasteiger partial charge in [-0.1, -0.05) is 18.2 Å². The van der Waals surface area contributed by atoms with Gasteiger partial charge in [-0.25, -0.2) is 4.98 Å². The Labute approximate surface area is 143 Å². The van der Waals surface area contributed by atoms with Crippen molar-refractivity contribution in [3.8, 4) is 0 Å². The Hall–Kier alpha value is -2.57. The first kappa shape index (κ1) is 17.3. The third-order valence-electron chi connectivity index (χ3n) is 4.26. The number of benzene rings is 1. The Morgan fingerprint density at radius 3 is 2.60 bits per heavy atom. The lowest BCUT2D eigenvalue weighted by atomic mass is 10.0. The monoisotopic (exact) mass is 349 g/mol. The third-order valence-corrected chi connectivity index (χ3v) is 4.26. The molecule has 1 heterocycles. The fourth-order valence-electron chi connectivity index (χ4n) is 2.98. The standard InChI is InChI=1S/C18H18F3N3O/c1-24(2)16-15(8-5-9-22-16)23-17(25)13-10-12(13)11-6-3-4-7-14(11)18(19,20)21/h3-9,12-13H,10H2,1-2H3,(H,23,25)/t12-,13-/m1/s1. The van der Waals surface area contributed by atoms with E-state index in [9.17, 15) is 18.0 Å². The smallest absolute Gasteiger partial charge is 0.361 e. The minimum Gasteiger partial charge on any atom is -0.361 e. The van der Waals surface area contributed by atoms with Crippen LogP contribution in [-0.4, -0.2) is 25.0 Å². The van der Waals surface area contributed by atoms with Crippen molar-refractivity contribution >= 4 is 17.4 Å². The van der Waals surface area contributed by atoms with Crippen LogP contribution < -0.4 is 10.2 Å². The number of rotatable bonds is 4. The molecule has 1 aliphatic rings. The third kappa shape index (κ3) is 3.60. The molecule has 1 fully saturated rings. The highest BCUT2D eigenvalue weighted by Crippen LogP contribution is 2.51. The summed E-state index contributed by atoms with van der Waals surface area (Å²) in [4.78, 5) is 18.4. The molecule has 1 aromatic heterocycles. The Morgan fingerprint density at radius 2 is 1.92 bits per heavy atom. The zero-order valence-electron chi connectivity index (χ0n) is 13.8. The second-order valence-corrected chi connectivity index (χ2v) is 6.29. The van der Waals surface area contributed by atoms with Crippen molar-refractivity contribution in [1.82, 2.24) is 4.98 Å². The topological polar surface area (TPSA) is 45.2 Å². The van der Waals surface area contributed by atoms with Gasteiger partial charge in [0.15, 0.2) is 5.82 Å². The molecule has 0 aliphatic heterocycles. The van der Waals surface area contributed by atoms with Crippen molar-refractivity contribution in [2.45, 2.75) is 18.5 Å². The zero-order valence-corrected chi connectivity index (χ0v) is 13.8. The Kier molecular flexibility index (Phi) is 4.41. The molecule has 1 N–H and O–H groups in total. The predicted molar refractivity (Wildman–Crippen MR) is 89.5 cm³/mol. The number of amides is 1. The number of hydrogen-bond acceptors (Lipinski definition) is 3. The molecule has 1 aliphatic carbocycles. The summed E-state index contributed by atoms with van der Waals surface area (Å²) in [7, 11) is 3.61. The first-order valence-corrected chi connectivity index (χ1v) is 7.88. The molecule has 0 spiro atoms. The molecule has 1 aromatic carbocycles. The average molecular weight is 349 g/mol. The van der Waals surface area contributed by atoms with Gasteiger partial charge < -0.3 is 10.2 Å². The molecule has 132 valence electrons. The molecule has 0 bridgehead atoms. The van der Waals surface area contributed by atoms with Gasteiger partial charge >= 0.3 is 6.18 Å². The van der Waals surface area contributed by atoms with Gasteiger partial charge in [-0.15, -0.1) is 0 Å². The number of carbonyl (C=O) groups is 1. The van der Waals surface area contributed by atoms with E-state index in [2.05, 4.69) is 10.3 Å². The van der Waals surface area contributed by atoms with Crippen molar-refractivity contribution in [1.29, 1.82) is 0 Å². The fraction of sp³-hybridized carbons (Fsp3) is 0.333. The second-order valence-electron chi connectivity index (χ2n) is 6.29. The summed E-state index contributed by atoms with van der Waals surface area (Å²) in [5.74, 6) is -0.544. The van der Waals surface area contributed by atoms with Crippen molar-refractivity contribution in [2.75, 3.05) is 24.3 Å². The molecule has 4 nitrogen and oxygen atoms in total. The largest absolute Gasteiger partial charge is 0.416 e. The van der Waals surface area contributed by atoms with Gasteiger partial charge in [0.25, 0.3) is 0 Å². The number of hydrogen-bond donors (Lipinski definition) is 1. The normalized spacial score (nSPS) is 19.4. The summed E-state index contributed by atoms with van der Waals surface area (Å²) in [6.07, 6.45) is -2.39. The van der Waals surface area contributed by atoms with Gasteiger partial charge in [0.05, 0.1) is 11.3 Å². The SMILES string of the molecule is CN(C)c1ncccc1NC(=O)[C@@H]1C[C@@H]1c1ccccc1C(F)(F)F. The molecule has 3 rings (SSSR count). The minimum atomic E-state index is -4.42. The summed E-state index contributed by atoms with van der Waals surface area (Å²) < 4.78 is 39.4. The highest BCUT2D eigenvalue weighted by Gasteiger charge is 2.47. The van der Waals surface area contributed by atoms with Crippen LogP contribution in [0.15, 0.2) is 42.6 Å². The summed E-state index contributed by atoms with van der Waals surface area (Å²) in [5.41, 5.74) is 0.0760. The maximum absolute atomic E-state index is 13.1. The Bertz CT molecular complexity index is 789. The molecule has 0 saturated heterocycles. The van der Waals surface area contributed by atoms with Crippen LogP contribution in [0.5, 0.6) is 0 Å². The number of halogens is 3. The van der Waals surface area contributed by atoms with Crippen molar-refractivity contribution in [3.05, 3.63) is 53.7 Å². The maximum atomic E-state index is 13.1. The minimum absolute atomic E-state index is 0.189. The van der Waals surface area contributed by atoms with E-state index in [1.54, 1.807) is 43.4 Å². The number of nitrogens with zero attached hydrogens (tertiary/aromatic N) is 2. The fourth-order valence-corrected chi connectivity index (χ4v) is 2.98. The van der Waals surface area contributed by atoms with Gasteiger partial charge in [-0.2, -0.15) is 13.2 Å². The highest BCUT2D eigenvalue weighted by atomic mass is 19.4. The summed E-state index contributed by atoms with van der Waals surface area (Å²) in [6, 6.07) is 8.88. The van der Waals surface area contributed by atoms with E-state index >= 15 is 0 Å². The van der Waals surface area contributed by atoms with Crippen LogP contribution in [0.3, 0.4) is 0 Å².